The second-order valence-electron chi connectivity index (χ2n) is 17.7. The summed E-state index contributed by atoms with van der Waals surface area (Å²) in [5.74, 6) is -1.79. The highest BCUT2D eigenvalue weighted by Crippen LogP contribution is 2.15. The van der Waals surface area contributed by atoms with Gasteiger partial charge in [0.25, 0.3) is 0 Å². The maximum atomic E-state index is 12.8. The first-order chi connectivity index (χ1) is 30.1. The molecule has 0 radical (unpaired) electrons. The molecule has 62 heavy (non-hydrogen) atoms. The minimum atomic E-state index is -1.13. The van der Waals surface area contributed by atoms with E-state index in [1.54, 1.807) is 21.1 Å². The Kier molecular flexibility index (Phi) is 42.1. The predicted octanol–water partition coefficient (Wildman–Crippen LogP) is 13.0. The van der Waals surface area contributed by atoms with Crippen molar-refractivity contribution in [3.8, 4) is 0 Å². The first kappa shape index (κ1) is 58.8. The van der Waals surface area contributed by atoms with Gasteiger partial charge in [-0.2, -0.15) is 0 Å². The molecule has 2 atom stereocenters. The van der Waals surface area contributed by atoms with Gasteiger partial charge in [-0.1, -0.05) is 189 Å². The number of hydrogen-bond donors (Lipinski definition) is 0. The standard InChI is InChI=1S/C54H93NO7/c1-6-8-10-12-14-16-18-20-22-24-25-26-27-29-30-32-34-36-38-40-42-44-52(56)61-49-50(48-60-47-46-51(54(58)59)55(3,4)5)62-53(57)45-43-41-39-37-35-33-31-28-23-21-19-17-15-13-11-9-7-2/h8,10,14,16,20,22,25-26,29-30,34,36,50-51H,6-7,9,11-13,15,17-19,21,23-24,27-28,31-33,35,37-49H2,1-5H3/b10-8+,16-14+,22-20+,26-25+,30-29+,36-34+. The van der Waals surface area contributed by atoms with E-state index in [1.165, 1.54) is 89.9 Å². The van der Waals surface area contributed by atoms with Crippen molar-refractivity contribution < 1.29 is 38.2 Å². The highest BCUT2D eigenvalue weighted by Gasteiger charge is 2.25. The van der Waals surface area contributed by atoms with E-state index < -0.39 is 18.1 Å². The van der Waals surface area contributed by atoms with Gasteiger partial charge in [0.1, 0.15) is 12.6 Å². The van der Waals surface area contributed by atoms with Gasteiger partial charge in [0.2, 0.25) is 0 Å². The third-order valence-electron chi connectivity index (χ3n) is 10.9. The summed E-state index contributed by atoms with van der Waals surface area (Å²) in [6, 6.07) is -0.735. The van der Waals surface area contributed by atoms with Crippen molar-refractivity contribution in [3.63, 3.8) is 0 Å². The number of hydrogen-bond acceptors (Lipinski definition) is 7. The lowest BCUT2D eigenvalue weighted by molar-refractivity contribution is -0.889. The van der Waals surface area contributed by atoms with Gasteiger partial charge in [-0.25, -0.2) is 0 Å². The first-order valence-electron chi connectivity index (χ1n) is 25.0. The Labute approximate surface area is 381 Å². The molecule has 0 amide bonds. The van der Waals surface area contributed by atoms with Crippen LogP contribution < -0.4 is 5.11 Å². The number of carboxylic acids is 1. The van der Waals surface area contributed by atoms with E-state index in [2.05, 4.69) is 86.8 Å². The molecule has 0 spiro atoms. The minimum Gasteiger partial charge on any atom is -0.544 e. The molecular weight excluding hydrogens is 775 g/mol. The van der Waals surface area contributed by atoms with Crippen LogP contribution in [0.4, 0.5) is 0 Å². The number of carbonyl (C=O) groups is 3. The second kappa shape index (κ2) is 44.4. The van der Waals surface area contributed by atoms with Crippen LogP contribution in [0.15, 0.2) is 72.9 Å². The summed E-state index contributed by atoms with van der Waals surface area (Å²) in [6.07, 6.45) is 56.4. The molecule has 0 aromatic heterocycles. The molecule has 0 saturated heterocycles. The third kappa shape index (κ3) is 42.1. The molecule has 0 fully saturated rings. The number of unbranched alkanes of at least 4 members (excludes halogenated alkanes) is 18. The summed E-state index contributed by atoms with van der Waals surface area (Å²) < 4.78 is 17.2. The van der Waals surface area contributed by atoms with E-state index in [0.717, 1.165) is 70.6 Å². The lowest BCUT2D eigenvalue weighted by Crippen LogP contribution is -2.55. The summed E-state index contributed by atoms with van der Waals surface area (Å²) >= 11 is 0. The summed E-state index contributed by atoms with van der Waals surface area (Å²) in [6.45, 7) is 4.51. The van der Waals surface area contributed by atoms with Gasteiger partial charge in [0.05, 0.1) is 40.3 Å². The van der Waals surface area contributed by atoms with Crippen LogP contribution in [0.3, 0.4) is 0 Å². The van der Waals surface area contributed by atoms with E-state index in [0.29, 0.717) is 19.3 Å². The third-order valence-corrected chi connectivity index (χ3v) is 10.9. The van der Waals surface area contributed by atoms with Crippen molar-refractivity contribution in [3.05, 3.63) is 72.9 Å². The SMILES string of the molecule is CC/C=C/C/C=C/C/C=C/C/C=C/C/C=C/C/C=C/CCCCC(=O)OCC(COCCC(C(=O)[O-])[N+](C)(C)C)OC(=O)CCCCCCCCCCCCCCCCCCC. The summed E-state index contributed by atoms with van der Waals surface area (Å²) in [7, 11) is 5.40. The maximum Gasteiger partial charge on any atom is 0.306 e. The molecule has 2 unspecified atom stereocenters. The number of esters is 2. The van der Waals surface area contributed by atoms with Crippen LogP contribution in [-0.4, -0.2) is 75.5 Å². The van der Waals surface area contributed by atoms with Gasteiger partial charge in [-0.3, -0.25) is 9.59 Å². The molecule has 8 heteroatoms. The van der Waals surface area contributed by atoms with Crippen molar-refractivity contribution in [1.82, 2.24) is 0 Å². The van der Waals surface area contributed by atoms with Gasteiger partial charge < -0.3 is 28.6 Å². The number of likely N-dealkylation sites (N-methyl/N-ethyl adjacent to an activating group) is 1. The average Bonchev–Trinajstić information content (AvgIpc) is 3.23. The number of aliphatic carboxylic acids is 1. The summed E-state index contributed by atoms with van der Waals surface area (Å²) in [4.78, 5) is 37.0. The van der Waals surface area contributed by atoms with Crippen LogP contribution >= 0.6 is 0 Å². The van der Waals surface area contributed by atoms with Gasteiger partial charge in [0.15, 0.2) is 6.10 Å². The zero-order valence-electron chi connectivity index (χ0n) is 40.5. The molecule has 0 heterocycles. The highest BCUT2D eigenvalue weighted by atomic mass is 16.6. The van der Waals surface area contributed by atoms with Gasteiger partial charge in [0, 0.05) is 19.3 Å². The Balaban J connectivity index is 4.35. The molecule has 0 rings (SSSR count). The predicted molar refractivity (Wildman–Crippen MR) is 259 cm³/mol. The Bertz CT molecular complexity index is 1240. The van der Waals surface area contributed by atoms with Gasteiger partial charge in [-0.15, -0.1) is 0 Å². The van der Waals surface area contributed by atoms with Gasteiger partial charge in [-0.05, 0) is 64.2 Å². The van der Waals surface area contributed by atoms with E-state index >= 15 is 0 Å². The normalized spacial score (nSPS) is 13.5. The van der Waals surface area contributed by atoms with E-state index in [9.17, 15) is 19.5 Å². The fourth-order valence-electron chi connectivity index (χ4n) is 7.02. The molecular formula is C54H93NO7. The number of nitrogens with zero attached hydrogens (tertiary/aromatic N) is 1. The fourth-order valence-corrected chi connectivity index (χ4v) is 7.02. The molecule has 0 aromatic carbocycles. The van der Waals surface area contributed by atoms with Crippen molar-refractivity contribution in [1.29, 1.82) is 0 Å². The molecule has 0 aliphatic rings. The molecule has 0 aliphatic carbocycles. The van der Waals surface area contributed by atoms with Crippen LogP contribution in [0, 0.1) is 0 Å². The highest BCUT2D eigenvalue weighted by molar-refractivity contribution is 5.70. The van der Waals surface area contributed by atoms with Gasteiger partial charge >= 0.3 is 11.9 Å². The Morgan fingerprint density at radius 3 is 1.34 bits per heavy atom. The molecule has 356 valence electrons. The van der Waals surface area contributed by atoms with Crippen LogP contribution in [-0.2, 0) is 28.6 Å². The lowest BCUT2D eigenvalue weighted by Gasteiger charge is -2.34. The van der Waals surface area contributed by atoms with E-state index in [-0.39, 0.29) is 42.7 Å². The zero-order chi connectivity index (χ0) is 45.6. The maximum absolute atomic E-state index is 12.8. The quantitative estimate of drug-likeness (QED) is 0.0260. The number of quaternary nitrogens is 1. The van der Waals surface area contributed by atoms with Crippen LogP contribution in [0.1, 0.15) is 200 Å². The number of carbonyl (C=O) groups excluding carboxylic acids is 3. The molecule has 0 N–H and O–H groups in total. The van der Waals surface area contributed by atoms with Crippen molar-refractivity contribution >= 4 is 17.9 Å². The first-order valence-corrected chi connectivity index (χ1v) is 25.0. The molecule has 0 aliphatic heterocycles. The summed E-state index contributed by atoms with van der Waals surface area (Å²) in [5, 5.41) is 11.7. The Morgan fingerprint density at radius 1 is 0.500 bits per heavy atom. The van der Waals surface area contributed by atoms with Crippen molar-refractivity contribution in [2.75, 3.05) is 41.0 Å². The largest absolute Gasteiger partial charge is 0.544 e. The van der Waals surface area contributed by atoms with E-state index in [4.69, 9.17) is 14.2 Å². The fraction of sp³-hybridized carbons (Fsp3) is 0.722. The number of rotatable bonds is 44. The molecule has 0 aromatic rings. The number of allylic oxidation sites excluding steroid dienone is 12. The van der Waals surface area contributed by atoms with Crippen molar-refractivity contribution in [2.24, 2.45) is 0 Å². The zero-order valence-corrected chi connectivity index (χ0v) is 40.5. The van der Waals surface area contributed by atoms with E-state index in [1.807, 2.05) is 0 Å². The molecule has 8 nitrogen and oxygen atoms in total. The lowest BCUT2D eigenvalue weighted by atomic mass is 10.0. The Hall–Kier alpha value is -3.23. The van der Waals surface area contributed by atoms with Crippen LogP contribution in [0.2, 0.25) is 0 Å². The minimum absolute atomic E-state index is 0.0255. The van der Waals surface area contributed by atoms with Crippen LogP contribution in [0.25, 0.3) is 0 Å². The monoisotopic (exact) mass is 868 g/mol. The second-order valence-corrected chi connectivity index (χ2v) is 17.7. The molecule has 0 bridgehead atoms. The van der Waals surface area contributed by atoms with Crippen LogP contribution in [0.5, 0.6) is 0 Å². The number of carboxylic acid groups (broad SMARTS) is 1. The topological polar surface area (TPSA) is 102 Å². The number of ether oxygens (including phenoxy) is 3. The Morgan fingerprint density at radius 2 is 0.903 bits per heavy atom. The average molecular weight is 868 g/mol. The van der Waals surface area contributed by atoms with Crippen molar-refractivity contribution in [2.45, 2.75) is 212 Å². The molecule has 0 saturated carbocycles. The summed E-state index contributed by atoms with van der Waals surface area (Å²) in [5.41, 5.74) is 0. The smallest absolute Gasteiger partial charge is 0.306 e.